The lowest BCUT2D eigenvalue weighted by molar-refractivity contribution is -0.139. The number of hydrogen-bond acceptors (Lipinski definition) is 4. The summed E-state index contributed by atoms with van der Waals surface area (Å²) in [6, 6.07) is 5.51. The molecular weight excluding hydrogens is 392 g/mol. The Labute approximate surface area is 183 Å². The number of carbonyl (C=O) groups excluding carboxylic acids is 3. The molecule has 0 spiro atoms. The highest BCUT2D eigenvalue weighted by molar-refractivity contribution is 6.06. The molecule has 0 atom stereocenters. The van der Waals surface area contributed by atoms with Crippen molar-refractivity contribution in [3.8, 4) is 0 Å². The highest BCUT2D eigenvalue weighted by Gasteiger charge is 2.21. The number of likely N-dealkylation sites (tertiary alicyclic amines) is 1. The van der Waals surface area contributed by atoms with Gasteiger partial charge in [-0.25, -0.2) is 4.79 Å². The number of rotatable bonds is 6. The average molecular weight is 421 g/mol. The molecule has 0 bridgehead atoms. The van der Waals surface area contributed by atoms with Gasteiger partial charge in [0.2, 0.25) is 5.91 Å². The molecule has 1 fully saturated rings. The standard InChI is InChI=1S/C25H28N2O4/c1-4-18(24(29)27-12-6-7-13-27)9-8-17(3)19-10-11-22-20(14-19)15-21(16-23(28)26-22)25(30)31-5-2/h4,8-11,14-15H,3,5-7,12-13,16H2,1-2H3,(H,26,28)/b9-8-,18-4+. The largest absolute Gasteiger partial charge is 0.463 e. The second-order valence-corrected chi connectivity index (χ2v) is 7.52. The Bertz CT molecular complexity index is 995. The topological polar surface area (TPSA) is 75.7 Å². The van der Waals surface area contributed by atoms with Gasteiger partial charge in [0.1, 0.15) is 0 Å². The van der Waals surface area contributed by atoms with Gasteiger partial charge in [0.15, 0.2) is 0 Å². The number of anilines is 1. The van der Waals surface area contributed by atoms with Crippen molar-refractivity contribution in [3.63, 3.8) is 0 Å². The van der Waals surface area contributed by atoms with Crippen LogP contribution in [0.4, 0.5) is 5.69 Å². The van der Waals surface area contributed by atoms with Crippen molar-refractivity contribution in [1.82, 2.24) is 4.90 Å². The van der Waals surface area contributed by atoms with Crippen molar-refractivity contribution < 1.29 is 19.1 Å². The highest BCUT2D eigenvalue weighted by Crippen LogP contribution is 2.28. The van der Waals surface area contributed by atoms with E-state index >= 15 is 0 Å². The molecular formula is C25H28N2O4. The van der Waals surface area contributed by atoms with Gasteiger partial charge in [-0.3, -0.25) is 9.59 Å². The first kappa shape index (κ1) is 22.3. The first-order valence-electron chi connectivity index (χ1n) is 10.6. The van der Waals surface area contributed by atoms with Crippen molar-refractivity contribution in [1.29, 1.82) is 0 Å². The number of allylic oxidation sites excluding steroid dienone is 3. The molecule has 1 aromatic rings. The van der Waals surface area contributed by atoms with Crippen LogP contribution in [0.1, 0.15) is 44.2 Å². The summed E-state index contributed by atoms with van der Waals surface area (Å²) in [5.74, 6) is -0.717. The number of carbonyl (C=O) groups is 3. The maximum absolute atomic E-state index is 12.6. The molecule has 0 aliphatic carbocycles. The number of amides is 2. The zero-order valence-corrected chi connectivity index (χ0v) is 18.1. The molecule has 1 aromatic carbocycles. The Morgan fingerprint density at radius 2 is 1.97 bits per heavy atom. The maximum atomic E-state index is 12.6. The fourth-order valence-electron chi connectivity index (χ4n) is 3.64. The third kappa shape index (κ3) is 5.40. The van der Waals surface area contributed by atoms with Crippen molar-refractivity contribution in [2.75, 3.05) is 25.0 Å². The van der Waals surface area contributed by atoms with Crippen LogP contribution >= 0.6 is 0 Å². The zero-order chi connectivity index (χ0) is 22.4. The minimum atomic E-state index is -0.493. The predicted molar refractivity (Wildman–Crippen MR) is 122 cm³/mol. The van der Waals surface area contributed by atoms with Gasteiger partial charge in [-0.2, -0.15) is 0 Å². The van der Waals surface area contributed by atoms with Crippen LogP contribution in [0.5, 0.6) is 0 Å². The van der Waals surface area contributed by atoms with E-state index in [1.165, 1.54) is 0 Å². The van der Waals surface area contributed by atoms with E-state index in [9.17, 15) is 14.4 Å². The summed E-state index contributed by atoms with van der Waals surface area (Å²) >= 11 is 0. The summed E-state index contributed by atoms with van der Waals surface area (Å²) in [5.41, 5.74) is 3.83. The first-order valence-corrected chi connectivity index (χ1v) is 10.6. The van der Waals surface area contributed by atoms with Gasteiger partial charge >= 0.3 is 5.97 Å². The lowest BCUT2D eigenvalue weighted by Crippen LogP contribution is -2.28. The fourth-order valence-corrected chi connectivity index (χ4v) is 3.64. The van der Waals surface area contributed by atoms with Gasteiger partial charge in [0.25, 0.3) is 5.91 Å². The highest BCUT2D eigenvalue weighted by atomic mass is 16.5. The van der Waals surface area contributed by atoms with Crippen LogP contribution in [-0.2, 0) is 19.1 Å². The van der Waals surface area contributed by atoms with E-state index in [0.29, 0.717) is 22.4 Å². The number of fused-ring (bicyclic) bond motifs is 1. The van der Waals surface area contributed by atoms with E-state index in [2.05, 4.69) is 11.9 Å². The number of benzene rings is 1. The van der Waals surface area contributed by atoms with Crippen LogP contribution < -0.4 is 5.32 Å². The smallest absolute Gasteiger partial charge is 0.334 e. The Kier molecular flexibility index (Phi) is 7.23. The molecule has 0 radical (unpaired) electrons. The van der Waals surface area contributed by atoms with Crippen LogP contribution in [0.2, 0.25) is 0 Å². The third-order valence-electron chi connectivity index (χ3n) is 5.33. The molecule has 6 heteroatoms. The molecule has 2 amide bonds. The van der Waals surface area contributed by atoms with Gasteiger partial charge < -0.3 is 15.0 Å². The van der Waals surface area contributed by atoms with Crippen molar-refractivity contribution in [2.45, 2.75) is 33.1 Å². The maximum Gasteiger partial charge on any atom is 0.334 e. The lowest BCUT2D eigenvalue weighted by atomic mass is 10.0. The van der Waals surface area contributed by atoms with Crippen LogP contribution in [0.15, 0.2) is 54.2 Å². The summed E-state index contributed by atoms with van der Waals surface area (Å²) in [7, 11) is 0. The second kappa shape index (κ2) is 10.1. The number of hydrogen-bond donors (Lipinski definition) is 1. The van der Waals surface area contributed by atoms with E-state index in [0.717, 1.165) is 37.1 Å². The molecule has 1 N–H and O–H groups in total. The van der Waals surface area contributed by atoms with Gasteiger partial charge in [-0.05, 0) is 67.7 Å². The van der Waals surface area contributed by atoms with Gasteiger partial charge in [0, 0.05) is 29.9 Å². The van der Waals surface area contributed by atoms with Gasteiger partial charge in [-0.1, -0.05) is 24.8 Å². The van der Waals surface area contributed by atoms with Crippen LogP contribution in [0.3, 0.4) is 0 Å². The van der Waals surface area contributed by atoms with Crippen LogP contribution in [0.25, 0.3) is 11.6 Å². The SMILES string of the molecule is C=C(/C=C\C(=C/C)C(=O)N1CCCC1)c1ccc2c(c1)C=C(C(=O)OCC)CC(=O)N2. The molecule has 2 aliphatic heterocycles. The second-order valence-electron chi connectivity index (χ2n) is 7.52. The quantitative estimate of drug-likeness (QED) is 0.427. The monoisotopic (exact) mass is 420 g/mol. The summed E-state index contributed by atoms with van der Waals surface area (Å²) in [6.45, 7) is 9.55. The molecule has 0 saturated carbocycles. The van der Waals surface area contributed by atoms with Crippen LogP contribution in [0, 0.1) is 0 Å². The molecule has 162 valence electrons. The molecule has 2 heterocycles. The molecule has 1 saturated heterocycles. The molecule has 3 rings (SSSR count). The minimum Gasteiger partial charge on any atom is -0.463 e. The average Bonchev–Trinajstić information content (AvgIpc) is 3.23. The lowest BCUT2D eigenvalue weighted by Gasteiger charge is -2.15. The minimum absolute atomic E-state index is 0.0348. The van der Waals surface area contributed by atoms with Crippen molar-refractivity contribution in [2.24, 2.45) is 0 Å². The summed E-state index contributed by atoms with van der Waals surface area (Å²) in [4.78, 5) is 38.8. The summed E-state index contributed by atoms with van der Waals surface area (Å²) < 4.78 is 5.06. The van der Waals surface area contributed by atoms with E-state index in [1.54, 1.807) is 25.1 Å². The Morgan fingerprint density at radius 1 is 1.23 bits per heavy atom. The van der Waals surface area contributed by atoms with Crippen molar-refractivity contribution in [3.05, 3.63) is 65.3 Å². The molecule has 31 heavy (non-hydrogen) atoms. The fraction of sp³-hybridized carbons (Fsp3) is 0.320. The number of nitrogens with one attached hydrogen (secondary N) is 1. The Morgan fingerprint density at radius 3 is 2.65 bits per heavy atom. The van der Waals surface area contributed by atoms with E-state index < -0.39 is 5.97 Å². The molecule has 6 nitrogen and oxygen atoms in total. The van der Waals surface area contributed by atoms with E-state index in [1.807, 2.05) is 36.1 Å². The van der Waals surface area contributed by atoms with Crippen molar-refractivity contribution >= 4 is 35.1 Å². The van der Waals surface area contributed by atoms with Crippen LogP contribution in [-0.4, -0.2) is 42.4 Å². The Balaban J connectivity index is 1.82. The number of esters is 1. The summed E-state index contributed by atoms with van der Waals surface area (Å²) in [6.07, 6.45) is 9.16. The summed E-state index contributed by atoms with van der Waals surface area (Å²) in [5, 5.41) is 2.82. The zero-order valence-electron chi connectivity index (χ0n) is 18.1. The van der Waals surface area contributed by atoms with E-state index in [-0.39, 0.29) is 24.8 Å². The first-order chi connectivity index (χ1) is 14.9. The van der Waals surface area contributed by atoms with Gasteiger partial charge in [-0.15, -0.1) is 0 Å². The van der Waals surface area contributed by atoms with Gasteiger partial charge in [0.05, 0.1) is 13.0 Å². The number of nitrogens with zero attached hydrogens (tertiary/aromatic N) is 1. The number of ether oxygens (including phenoxy) is 1. The Hall–Kier alpha value is -3.41. The normalized spacial score (nSPS) is 16.5. The molecule has 2 aliphatic rings. The molecule has 0 unspecified atom stereocenters. The third-order valence-corrected chi connectivity index (χ3v) is 5.33. The molecule has 0 aromatic heterocycles. The predicted octanol–water partition coefficient (Wildman–Crippen LogP) is 4.11. The van der Waals surface area contributed by atoms with E-state index in [4.69, 9.17) is 4.74 Å².